The van der Waals surface area contributed by atoms with Crippen LogP contribution in [-0.2, 0) is 6.61 Å². The zero-order valence-electron chi connectivity index (χ0n) is 18.4. The third-order valence-corrected chi connectivity index (χ3v) is 5.44. The minimum absolute atomic E-state index is 0.0433. The second-order valence-corrected chi connectivity index (χ2v) is 7.92. The first-order valence-electron chi connectivity index (χ1n) is 10.2. The summed E-state index contributed by atoms with van der Waals surface area (Å²) in [5.74, 6) is -5.03. The Labute approximate surface area is 197 Å². The fourth-order valence-electron chi connectivity index (χ4n) is 2.97. The average Bonchev–Trinajstić information content (AvgIpc) is 3.17. The first kappa shape index (κ1) is 27.3. The van der Waals surface area contributed by atoms with E-state index < -0.39 is 41.6 Å². The highest BCUT2D eigenvalue weighted by atomic mass is 32.1. The molecule has 34 heavy (non-hydrogen) atoms. The van der Waals surface area contributed by atoms with Gasteiger partial charge in [-0.2, -0.15) is 4.37 Å². The topological polar surface area (TPSA) is 150 Å². The lowest BCUT2D eigenvalue weighted by Gasteiger charge is -2.19. The van der Waals surface area contributed by atoms with Crippen molar-refractivity contribution in [1.82, 2.24) is 14.6 Å². The minimum Gasteiger partial charge on any atom is -0.471 e. The molecule has 0 radical (unpaired) electrons. The highest BCUT2D eigenvalue weighted by molar-refractivity contribution is 7.11. The number of aromatic nitrogens is 1. The number of hydrogen-bond acceptors (Lipinski definition) is 8. The molecule has 2 aromatic rings. The van der Waals surface area contributed by atoms with Gasteiger partial charge in [0.25, 0.3) is 5.91 Å². The van der Waals surface area contributed by atoms with Crippen LogP contribution in [0, 0.1) is 24.4 Å². The summed E-state index contributed by atoms with van der Waals surface area (Å²) in [5.41, 5.74) is 4.15. The molecule has 0 saturated heterocycles. The zero-order valence-corrected chi connectivity index (χ0v) is 19.2. The van der Waals surface area contributed by atoms with E-state index in [-0.39, 0.29) is 41.8 Å². The van der Waals surface area contributed by atoms with Crippen LogP contribution in [-0.4, -0.2) is 70.8 Å². The van der Waals surface area contributed by atoms with Crippen molar-refractivity contribution in [1.29, 1.82) is 0 Å². The normalized spacial score (nSPS) is 11.0. The Morgan fingerprint density at radius 1 is 1.18 bits per heavy atom. The molecular formula is C20H26F3N5O5S. The van der Waals surface area contributed by atoms with Gasteiger partial charge in [-0.05, 0) is 43.1 Å². The molecule has 10 nitrogen and oxygen atoms in total. The van der Waals surface area contributed by atoms with E-state index in [4.69, 9.17) is 20.7 Å². The van der Waals surface area contributed by atoms with Crippen LogP contribution < -0.4 is 21.1 Å². The summed E-state index contributed by atoms with van der Waals surface area (Å²) in [7, 11) is 0. The fourth-order valence-corrected chi connectivity index (χ4v) is 3.71. The number of aryl methyl sites for hydroxylation is 1. The molecule has 3 amide bonds. The Morgan fingerprint density at radius 2 is 1.85 bits per heavy atom. The molecular weight excluding hydrogens is 479 g/mol. The Kier molecular flexibility index (Phi) is 10.5. The summed E-state index contributed by atoms with van der Waals surface area (Å²) >= 11 is 0.666. The van der Waals surface area contributed by atoms with Crippen molar-refractivity contribution in [2.24, 2.45) is 5.73 Å². The molecule has 0 unspecified atom stereocenters. The summed E-state index contributed by atoms with van der Waals surface area (Å²) in [4.78, 5) is 25.9. The summed E-state index contributed by atoms with van der Waals surface area (Å²) in [5, 5.41) is 22.9. The van der Waals surface area contributed by atoms with Gasteiger partial charge in [0.2, 0.25) is 5.88 Å². The van der Waals surface area contributed by atoms with Gasteiger partial charge in [-0.3, -0.25) is 15.0 Å². The third-order valence-electron chi connectivity index (χ3n) is 4.69. The Morgan fingerprint density at radius 3 is 2.47 bits per heavy atom. The smallest absolute Gasteiger partial charge is 0.319 e. The largest absolute Gasteiger partial charge is 0.471 e. The van der Waals surface area contributed by atoms with Gasteiger partial charge in [0.15, 0.2) is 11.6 Å². The zero-order chi connectivity index (χ0) is 25.3. The molecule has 188 valence electrons. The summed E-state index contributed by atoms with van der Waals surface area (Å²) < 4.78 is 50.9. The number of benzene rings is 1. The standard InChI is InChI=1S/C20H26F3N5O5S/c1-11-9-13(21)12(16(23)15(11)22)10-33-18-14(17(24)31)19(34-27-18)26-20(32)25-3-2-4-28(5-7-29)6-8-30/h9,29-30H,2-8,10H2,1H3,(H2,24,31)(H2,25,26,32). The Balaban J connectivity index is 1.98. The lowest BCUT2D eigenvalue weighted by Crippen LogP contribution is -2.35. The van der Waals surface area contributed by atoms with Crippen LogP contribution >= 0.6 is 11.5 Å². The number of primary amides is 1. The van der Waals surface area contributed by atoms with Crippen molar-refractivity contribution in [2.45, 2.75) is 20.0 Å². The van der Waals surface area contributed by atoms with Crippen LogP contribution in [0.4, 0.5) is 23.0 Å². The minimum atomic E-state index is -1.41. The number of carbonyl (C=O) groups excluding carboxylic acids is 2. The molecule has 6 N–H and O–H groups in total. The molecule has 0 aliphatic rings. The predicted molar refractivity (Wildman–Crippen MR) is 118 cm³/mol. The number of urea groups is 1. The van der Waals surface area contributed by atoms with Crippen molar-refractivity contribution >= 4 is 28.5 Å². The van der Waals surface area contributed by atoms with E-state index in [9.17, 15) is 22.8 Å². The highest BCUT2D eigenvalue weighted by Crippen LogP contribution is 2.31. The summed E-state index contributed by atoms with van der Waals surface area (Å²) in [6, 6.07) is 0.156. The molecule has 1 heterocycles. The third kappa shape index (κ3) is 7.28. The number of nitrogens with zero attached hydrogens (tertiary/aromatic N) is 2. The second kappa shape index (κ2) is 13.1. The molecule has 1 aromatic carbocycles. The molecule has 0 atom stereocenters. The number of aliphatic hydroxyl groups excluding tert-OH is 2. The van der Waals surface area contributed by atoms with Crippen molar-refractivity contribution in [3.8, 4) is 5.88 Å². The SMILES string of the molecule is Cc1cc(F)c(COc2nsc(NC(=O)NCCCN(CCO)CCO)c2C(N)=O)c(F)c1F. The molecule has 2 rings (SSSR count). The van der Waals surface area contributed by atoms with Crippen LogP contribution in [0.1, 0.15) is 27.9 Å². The maximum absolute atomic E-state index is 14.0. The highest BCUT2D eigenvalue weighted by Gasteiger charge is 2.24. The molecule has 14 heteroatoms. The quantitative estimate of drug-likeness (QED) is 0.204. The number of rotatable bonds is 13. The van der Waals surface area contributed by atoms with E-state index >= 15 is 0 Å². The van der Waals surface area contributed by atoms with E-state index in [0.717, 1.165) is 6.07 Å². The molecule has 1 aromatic heterocycles. The van der Waals surface area contributed by atoms with Crippen molar-refractivity contribution < 1.29 is 37.7 Å². The van der Waals surface area contributed by atoms with Gasteiger partial charge in [-0.25, -0.2) is 18.0 Å². The number of nitrogens with one attached hydrogen (secondary N) is 2. The summed E-state index contributed by atoms with van der Waals surface area (Å²) in [6.45, 7) is 1.89. The molecule has 0 aliphatic heterocycles. The Hall–Kier alpha value is -2.94. The molecule has 0 aliphatic carbocycles. The fraction of sp³-hybridized carbons (Fsp3) is 0.450. The van der Waals surface area contributed by atoms with Crippen LogP contribution in [0.25, 0.3) is 0 Å². The van der Waals surface area contributed by atoms with Gasteiger partial charge in [-0.15, -0.1) is 0 Å². The number of ether oxygens (including phenoxy) is 1. The van der Waals surface area contributed by atoms with Gasteiger partial charge >= 0.3 is 6.03 Å². The van der Waals surface area contributed by atoms with Gasteiger partial charge < -0.3 is 26.0 Å². The predicted octanol–water partition coefficient (Wildman–Crippen LogP) is 1.34. The van der Waals surface area contributed by atoms with Crippen molar-refractivity contribution in [3.05, 3.63) is 40.2 Å². The van der Waals surface area contributed by atoms with E-state index in [2.05, 4.69) is 15.0 Å². The van der Waals surface area contributed by atoms with E-state index in [1.165, 1.54) is 6.92 Å². The first-order valence-corrected chi connectivity index (χ1v) is 11.0. The number of aliphatic hydroxyl groups is 2. The molecule has 0 saturated carbocycles. The van der Waals surface area contributed by atoms with Crippen LogP contribution in [0.2, 0.25) is 0 Å². The second-order valence-electron chi connectivity index (χ2n) is 7.15. The maximum atomic E-state index is 14.0. The lowest BCUT2D eigenvalue weighted by molar-refractivity contribution is 0.0996. The lowest BCUT2D eigenvalue weighted by atomic mass is 10.1. The molecule has 0 spiro atoms. The average molecular weight is 506 g/mol. The monoisotopic (exact) mass is 505 g/mol. The number of nitrogens with two attached hydrogens (primary N) is 1. The van der Waals surface area contributed by atoms with Gasteiger partial charge in [0, 0.05) is 19.6 Å². The number of hydrogen-bond donors (Lipinski definition) is 5. The summed E-state index contributed by atoms with van der Waals surface area (Å²) in [6.07, 6.45) is 0.525. The van der Waals surface area contributed by atoms with Crippen molar-refractivity contribution in [2.75, 3.05) is 44.7 Å². The number of anilines is 1. The van der Waals surface area contributed by atoms with Crippen LogP contribution in [0.15, 0.2) is 6.07 Å². The molecule has 0 fully saturated rings. The number of carbonyl (C=O) groups is 2. The van der Waals surface area contributed by atoms with E-state index in [1.54, 1.807) is 0 Å². The number of amides is 3. The Bertz CT molecular complexity index is 1000. The molecule has 0 bridgehead atoms. The maximum Gasteiger partial charge on any atom is 0.319 e. The number of halogens is 3. The first-order chi connectivity index (χ1) is 16.2. The van der Waals surface area contributed by atoms with Crippen LogP contribution in [0.3, 0.4) is 0 Å². The van der Waals surface area contributed by atoms with Gasteiger partial charge in [0.1, 0.15) is 23.0 Å². The van der Waals surface area contributed by atoms with E-state index in [0.29, 0.717) is 37.6 Å². The van der Waals surface area contributed by atoms with Gasteiger partial charge in [-0.1, -0.05) is 0 Å². The van der Waals surface area contributed by atoms with Crippen molar-refractivity contribution in [3.63, 3.8) is 0 Å². The van der Waals surface area contributed by atoms with Crippen LogP contribution in [0.5, 0.6) is 5.88 Å². The van der Waals surface area contributed by atoms with E-state index in [1.807, 2.05) is 4.90 Å². The van der Waals surface area contributed by atoms with Gasteiger partial charge in [0.05, 0.1) is 18.8 Å².